The van der Waals surface area contributed by atoms with E-state index < -0.39 is 5.97 Å². The van der Waals surface area contributed by atoms with Gasteiger partial charge in [0.25, 0.3) is 0 Å². The first-order valence-corrected chi connectivity index (χ1v) is 5.36. The lowest BCUT2D eigenvalue weighted by Gasteiger charge is -2.23. The second kappa shape index (κ2) is 5.44. The van der Waals surface area contributed by atoms with Gasteiger partial charge in [0.15, 0.2) is 11.5 Å². The Labute approximate surface area is 95.1 Å². The number of hydrogen-bond acceptors (Lipinski definition) is 4. The van der Waals surface area contributed by atoms with Gasteiger partial charge < -0.3 is 10.0 Å². The number of aromatic carboxylic acids is 1. The fourth-order valence-corrected chi connectivity index (χ4v) is 1.43. The Morgan fingerprint density at radius 3 is 2.50 bits per heavy atom. The second-order valence-electron chi connectivity index (χ2n) is 4.01. The summed E-state index contributed by atoms with van der Waals surface area (Å²) >= 11 is 0. The summed E-state index contributed by atoms with van der Waals surface area (Å²) in [6.07, 6.45) is 0. The number of carboxylic acid groups (broad SMARTS) is 1. The van der Waals surface area contributed by atoms with Crippen molar-refractivity contribution in [2.24, 2.45) is 5.92 Å². The van der Waals surface area contributed by atoms with E-state index in [0.717, 1.165) is 18.9 Å². The smallest absolute Gasteiger partial charge is 0.356 e. The monoisotopic (exact) mass is 223 g/mol. The second-order valence-corrected chi connectivity index (χ2v) is 4.01. The predicted octanol–water partition coefficient (Wildman–Crippen LogP) is 1.66. The van der Waals surface area contributed by atoms with Gasteiger partial charge in [-0.05, 0) is 25.0 Å². The zero-order valence-corrected chi connectivity index (χ0v) is 9.84. The molecule has 0 atom stereocenters. The summed E-state index contributed by atoms with van der Waals surface area (Å²) in [6, 6.07) is 3.18. The van der Waals surface area contributed by atoms with Crippen LogP contribution in [0.5, 0.6) is 0 Å². The molecule has 1 aromatic rings. The molecule has 88 valence electrons. The highest BCUT2D eigenvalue weighted by Gasteiger charge is 2.10. The van der Waals surface area contributed by atoms with E-state index in [1.165, 1.54) is 6.07 Å². The maximum atomic E-state index is 10.6. The Hall–Kier alpha value is -1.65. The molecular weight excluding hydrogens is 206 g/mol. The summed E-state index contributed by atoms with van der Waals surface area (Å²) < 4.78 is 0. The number of hydrogen-bond donors (Lipinski definition) is 1. The minimum atomic E-state index is -1.05. The van der Waals surface area contributed by atoms with Gasteiger partial charge >= 0.3 is 5.97 Å². The molecule has 0 saturated heterocycles. The van der Waals surface area contributed by atoms with Crippen LogP contribution < -0.4 is 4.90 Å². The molecule has 1 N–H and O–H groups in total. The quantitative estimate of drug-likeness (QED) is 0.822. The molecule has 0 unspecified atom stereocenters. The fraction of sp³-hybridized carbons (Fsp3) is 0.545. The summed E-state index contributed by atoms with van der Waals surface area (Å²) in [7, 11) is 0. The molecule has 0 amide bonds. The Bertz CT molecular complexity index is 349. The third-order valence-electron chi connectivity index (χ3n) is 2.16. The first-order valence-electron chi connectivity index (χ1n) is 5.36. The number of carboxylic acids is 1. The molecule has 0 spiro atoms. The van der Waals surface area contributed by atoms with Crippen molar-refractivity contribution in [3.05, 3.63) is 17.8 Å². The normalized spacial score (nSPS) is 10.5. The highest BCUT2D eigenvalue weighted by Crippen LogP contribution is 2.11. The van der Waals surface area contributed by atoms with Gasteiger partial charge in [0.1, 0.15) is 0 Å². The molecule has 0 aromatic carbocycles. The first-order chi connectivity index (χ1) is 7.54. The third-order valence-corrected chi connectivity index (χ3v) is 2.16. The van der Waals surface area contributed by atoms with Gasteiger partial charge in [-0.1, -0.05) is 13.8 Å². The highest BCUT2D eigenvalue weighted by atomic mass is 16.4. The maximum Gasteiger partial charge on any atom is 0.356 e. The standard InChI is InChI=1S/C11H17N3O2/c1-4-14(7-8(2)3)10-6-5-9(11(15)16)12-13-10/h5-6,8H,4,7H2,1-3H3,(H,15,16). The first kappa shape index (κ1) is 12.4. The SMILES string of the molecule is CCN(CC(C)C)c1ccc(C(=O)O)nn1. The van der Waals surface area contributed by atoms with Crippen molar-refractivity contribution in [2.45, 2.75) is 20.8 Å². The van der Waals surface area contributed by atoms with Gasteiger partial charge in [-0.2, -0.15) is 0 Å². The van der Waals surface area contributed by atoms with Gasteiger partial charge in [0.2, 0.25) is 0 Å². The van der Waals surface area contributed by atoms with Crippen molar-refractivity contribution < 1.29 is 9.90 Å². The molecule has 0 aliphatic heterocycles. The fourth-order valence-electron chi connectivity index (χ4n) is 1.43. The third kappa shape index (κ3) is 3.18. The van der Waals surface area contributed by atoms with E-state index in [1.54, 1.807) is 6.07 Å². The lowest BCUT2D eigenvalue weighted by Crippen LogP contribution is -2.28. The molecule has 16 heavy (non-hydrogen) atoms. The Kier molecular flexibility index (Phi) is 4.22. The topological polar surface area (TPSA) is 66.3 Å². The molecule has 5 nitrogen and oxygen atoms in total. The average Bonchev–Trinajstić information content (AvgIpc) is 2.25. The van der Waals surface area contributed by atoms with Crippen LogP contribution in [0, 0.1) is 5.92 Å². The highest BCUT2D eigenvalue weighted by molar-refractivity contribution is 5.85. The van der Waals surface area contributed by atoms with E-state index in [2.05, 4.69) is 28.9 Å². The lowest BCUT2D eigenvalue weighted by molar-refractivity contribution is 0.0689. The van der Waals surface area contributed by atoms with Gasteiger partial charge in [0, 0.05) is 13.1 Å². The molecule has 1 rings (SSSR count). The van der Waals surface area contributed by atoms with E-state index in [4.69, 9.17) is 5.11 Å². The number of carbonyl (C=O) groups is 1. The van der Waals surface area contributed by atoms with Gasteiger partial charge in [-0.15, -0.1) is 10.2 Å². The number of rotatable bonds is 5. The van der Waals surface area contributed by atoms with Gasteiger partial charge in [-0.3, -0.25) is 0 Å². The van der Waals surface area contributed by atoms with Crippen LogP contribution in [0.2, 0.25) is 0 Å². The Morgan fingerprint density at radius 2 is 2.12 bits per heavy atom. The molecule has 1 heterocycles. The number of aromatic nitrogens is 2. The Morgan fingerprint density at radius 1 is 1.44 bits per heavy atom. The Balaban J connectivity index is 2.82. The van der Waals surface area contributed by atoms with Crippen LogP contribution in [-0.2, 0) is 0 Å². The van der Waals surface area contributed by atoms with E-state index >= 15 is 0 Å². The van der Waals surface area contributed by atoms with Crippen LogP contribution in [0.25, 0.3) is 0 Å². The molecular formula is C11H17N3O2. The van der Waals surface area contributed by atoms with Crippen molar-refractivity contribution in [3.8, 4) is 0 Å². The average molecular weight is 223 g/mol. The largest absolute Gasteiger partial charge is 0.476 e. The van der Waals surface area contributed by atoms with Crippen molar-refractivity contribution in [3.63, 3.8) is 0 Å². The number of nitrogens with zero attached hydrogens (tertiary/aromatic N) is 3. The van der Waals surface area contributed by atoms with Crippen LogP contribution in [0.4, 0.5) is 5.82 Å². The van der Waals surface area contributed by atoms with Crippen molar-refractivity contribution in [1.29, 1.82) is 0 Å². The minimum absolute atomic E-state index is 0.0237. The van der Waals surface area contributed by atoms with Crippen LogP contribution in [0.3, 0.4) is 0 Å². The summed E-state index contributed by atoms with van der Waals surface area (Å²) in [6.45, 7) is 8.01. The molecule has 0 bridgehead atoms. The summed E-state index contributed by atoms with van der Waals surface area (Å²) in [4.78, 5) is 12.7. The van der Waals surface area contributed by atoms with Crippen molar-refractivity contribution in [1.82, 2.24) is 10.2 Å². The molecule has 5 heteroatoms. The molecule has 0 aliphatic carbocycles. The van der Waals surface area contributed by atoms with Crippen LogP contribution in [0.15, 0.2) is 12.1 Å². The zero-order chi connectivity index (χ0) is 12.1. The minimum Gasteiger partial charge on any atom is -0.476 e. The summed E-state index contributed by atoms with van der Waals surface area (Å²) in [5.41, 5.74) is -0.0237. The van der Waals surface area contributed by atoms with Crippen LogP contribution in [-0.4, -0.2) is 34.4 Å². The lowest BCUT2D eigenvalue weighted by atomic mass is 10.2. The van der Waals surface area contributed by atoms with Gasteiger partial charge in [0.05, 0.1) is 0 Å². The zero-order valence-electron chi connectivity index (χ0n) is 9.84. The number of anilines is 1. The van der Waals surface area contributed by atoms with E-state index in [-0.39, 0.29) is 5.69 Å². The molecule has 0 saturated carbocycles. The van der Waals surface area contributed by atoms with E-state index in [0.29, 0.717) is 5.92 Å². The van der Waals surface area contributed by atoms with Crippen LogP contribution >= 0.6 is 0 Å². The van der Waals surface area contributed by atoms with Crippen molar-refractivity contribution >= 4 is 11.8 Å². The summed E-state index contributed by atoms with van der Waals surface area (Å²) in [5, 5.41) is 16.3. The molecule has 1 aromatic heterocycles. The van der Waals surface area contributed by atoms with E-state index in [1.807, 2.05) is 6.92 Å². The van der Waals surface area contributed by atoms with E-state index in [9.17, 15) is 4.79 Å². The van der Waals surface area contributed by atoms with Gasteiger partial charge in [-0.25, -0.2) is 4.79 Å². The maximum absolute atomic E-state index is 10.6. The molecule has 0 fully saturated rings. The molecule has 0 radical (unpaired) electrons. The van der Waals surface area contributed by atoms with Crippen LogP contribution in [0.1, 0.15) is 31.3 Å². The predicted molar refractivity (Wildman–Crippen MR) is 61.7 cm³/mol. The summed E-state index contributed by atoms with van der Waals surface area (Å²) in [5.74, 6) is 0.202. The van der Waals surface area contributed by atoms with Crippen molar-refractivity contribution in [2.75, 3.05) is 18.0 Å². The molecule has 0 aliphatic rings.